The molecule has 96 valence electrons. The zero-order valence-electron chi connectivity index (χ0n) is 9.54. The lowest BCUT2D eigenvalue weighted by molar-refractivity contribution is -0.202. The zero-order chi connectivity index (χ0) is 12.7. The lowest BCUT2D eigenvalue weighted by atomic mass is 9.76. The van der Waals surface area contributed by atoms with Crippen LogP contribution >= 0.6 is 0 Å². The van der Waals surface area contributed by atoms with E-state index in [9.17, 15) is 18.3 Å². The summed E-state index contributed by atoms with van der Waals surface area (Å²) < 4.78 is 39.5. The smallest absolute Gasteiger partial charge is 0.383 e. The third-order valence-corrected chi connectivity index (χ3v) is 3.38. The first-order valence-electron chi connectivity index (χ1n) is 5.60. The summed E-state index contributed by atoms with van der Waals surface area (Å²) in [5.74, 6) is -1.43. The average Bonchev–Trinajstić information content (AvgIpc) is 2.64. The van der Waals surface area contributed by atoms with Crippen LogP contribution in [0.4, 0.5) is 13.2 Å². The Labute approximate surface area is 97.2 Å². The van der Waals surface area contributed by atoms with Crippen LogP contribution in [0.25, 0.3) is 0 Å². The molecule has 1 N–H and O–H groups in total. The van der Waals surface area contributed by atoms with Gasteiger partial charge in [-0.05, 0) is 31.7 Å². The molecule has 1 saturated carbocycles. The van der Waals surface area contributed by atoms with Crippen LogP contribution in [-0.4, -0.2) is 21.1 Å². The van der Waals surface area contributed by atoms with E-state index in [4.69, 9.17) is 0 Å². The van der Waals surface area contributed by atoms with E-state index in [1.807, 2.05) is 0 Å². The summed E-state index contributed by atoms with van der Waals surface area (Å²) >= 11 is 0. The number of halogens is 3. The largest absolute Gasteiger partial charge is 0.391 e. The minimum Gasteiger partial charge on any atom is -0.383 e. The van der Waals surface area contributed by atoms with Crippen LogP contribution in [0.15, 0.2) is 12.3 Å². The van der Waals surface area contributed by atoms with E-state index in [0.717, 1.165) is 0 Å². The predicted octanol–water partition coefficient (Wildman–Crippen LogP) is 2.36. The van der Waals surface area contributed by atoms with Crippen molar-refractivity contribution < 1.29 is 18.3 Å². The third-order valence-electron chi connectivity index (χ3n) is 3.38. The zero-order valence-corrected chi connectivity index (χ0v) is 9.54. The van der Waals surface area contributed by atoms with Gasteiger partial charge in [0.1, 0.15) is 5.60 Å². The molecule has 1 aromatic heterocycles. The van der Waals surface area contributed by atoms with Crippen molar-refractivity contribution >= 4 is 0 Å². The summed E-state index contributed by atoms with van der Waals surface area (Å²) in [5, 5.41) is 14.3. The van der Waals surface area contributed by atoms with E-state index >= 15 is 0 Å². The number of rotatable bonds is 1. The molecule has 2 atom stereocenters. The second-order valence-electron chi connectivity index (χ2n) is 4.74. The molecule has 2 rings (SSSR count). The average molecular weight is 248 g/mol. The SMILES string of the molecule is Cn1ccc(C2(O)CCCC(C(F)(F)F)C2)n1. The Bertz CT molecular complexity index is 402. The molecule has 2 unspecified atom stereocenters. The summed E-state index contributed by atoms with van der Waals surface area (Å²) in [5.41, 5.74) is -1.09. The maximum Gasteiger partial charge on any atom is 0.391 e. The first-order chi connectivity index (χ1) is 7.81. The Morgan fingerprint density at radius 1 is 1.53 bits per heavy atom. The maximum absolute atomic E-state index is 12.7. The molecule has 6 heteroatoms. The molecule has 1 aromatic rings. The van der Waals surface area contributed by atoms with Gasteiger partial charge in [0.25, 0.3) is 0 Å². The fourth-order valence-corrected chi connectivity index (χ4v) is 2.43. The fourth-order valence-electron chi connectivity index (χ4n) is 2.43. The van der Waals surface area contributed by atoms with E-state index in [1.165, 1.54) is 4.68 Å². The highest BCUT2D eigenvalue weighted by atomic mass is 19.4. The van der Waals surface area contributed by atoms with Crippen LogP contribution in [0.1, 0.15) is 31.4 Å². The molecule has 0 saturated heterocycles. The topological polar surface area (TPSA) is 38.0 Å². The number of nitrogens with zero attached hydrogens (tertiary/aromatic N) is 2. The van der Waals surface area contributed by atoms with Gasteiger partial charge in [-0.15, -0.1) is 0 Å². The number of aliphatic hydroxyl groups is 1. The second kappa shape index (κ2) is 4.01. The van der Waals surface area contributed by atoms with Crippen molar-refractivity contribution in [2.75, 3.05) is 0 Å². The molecular weight excluding hydrogens is 233 g/mol. The van der Waals surface area contributed by atoms with Crippen molar-refractivity contribution in [2.45, 2.75) is 37.5 Å². The van der Waals surface area contributed by atoms with Gasteiger partial charge < -0.3 is 5.11 Å². The van der Waals surface area contributed by atoms with Crippen LogP contribution < -0.4 is 0 Å². The molecule has 0 bridgehead atoms. The molecule has 1 fully saturated rings. The lowest BCUT2D eigenvalue weighted by Crippen LogP contribution is -2.38. The maximum atomic E-state index is 12.7. The van der Waals surface area contributed by atoms with Gasteiger partial charge in [0, 0.05) is 13.2 Å². The van der Waals surface area contributed by atoms with E-state index < -0.39 is 17.7 Å². The van der Waals surface area contributed by atoms with Gasteiger partial charge in [-0.25, -0.2) is 0 Å². The summed E-state index contributed by atoms with van der Waals surface area (Å²) in [7, 11) is 1.68. The second-order valence-corrected chi connectivity index (χ2v) is 4.74. The van der Waals surface area contributed by atoms with Gasteiger partial charge >= 0.3 is 6.18 Å². The summed E-state index contributed by atoms with van der Waals surface area (Å²) in [6.45, 7) is 0. The van der Waals surface area contributed by atoms with Gasteiger partial charge in [-0.1, -0.05) is 0 Å². The molecule has 17 heavy (non-hydrogen) atoms. The minimum absolute atomic E-state index is 0.0959. The molecular formula is C11H15F3N2O. The van der Waals surface area contributed by atoms with Gasteiger partial charge in [0.05, 0.1) is 11.6 Å². The molecule has 1 heterocycles. The normalized spacial score (nSPS) is 30.5. The monoisotopic (exact) mass is 248 g/mol. The Hall–Kier alpha value is -1.04. The van der Waals surface area contributed by atoms with E-state index in [-0.39, 0.29) is 12.8 Å². The molecule has 1 aliphatic rings. The Morgan fingerprint density at radius 2 is 2.24 bits per heavy atom. The number of alkyl halides is 3. The van der Waals surface area contributed by atoms with Crippen LogP contribution in [-0.2, 0) is 12.6 Å². The Kier molecular flexibility index (Phi) is 2.93. The number of aromatic nitrogens is 2. The highest BCUT2D eigenvalue weighted by Gasteiger charge is 2.48. The Morgan fingerprint density at radius 3 is 2.76 bits per heavy atom. The summed E-state index contributed by atoms with van der Waals surface area (Å²) in [6.07, 6.45) is -2.08. The van der Waals surface area contributed by atoms with Crippen molar-refractivity contribution in [1.29, 1.82) is 0 Å². The van der Waals surface area contributed by atoms with Crippen molar-refractivity contribution in [3.8, 4) is 0 Å². The van der Waals surface area contributed by atoms with Crippen LogP contribution in [0.2, 0.25) is 0 Å². The number of hydrogen-bond donors (Lipinski definition) is 1. The summed E-state index contributed by atoms with van der Waals surface area (Å²) in [4.78, 5) is 0. The quantitative estimate of drug-likeness (QED) is 0.828. The van der Waals surface area contributed by atoms with E-state index in [2.05, 4.69) is 5.10 Å². The van der Waals surface area contributed by atoms with Gasteiger partial charge in [0.2, 0.25) is 0 Å². The molecule has 0 radical (unpaired) electrons. The number of hydrogen-bond acceptors (Lipinski definition) is 2. The first kappa shape index (κ1) is 12.4. The molecule has 0 amide bonds. The molecule has 3 nitrogen and oxygen atoms in total. The third kappa shape index (κ3) is 2.46. The molecule has 0 aliphatic heterocycles. The van der Waals surface area contributed by atoms with Crippen molar-refractivity contribution in [3.05, 3.63) is 18.0 Å². The van der Waals surface area contributed by atoms with Crippen LogP contribution in [0.5, 0.6) is 0 Å². The first-order valence-corrected chi connectivity index (χ1v) is 5.60. The highest BCUT2D eigenvalue weighted by molar-refractivity contribution is 5.12. The van der Waals surface area contributed by atoms with Crippen molar-refractivity contribution in [1.82, 2.24) is 9.78 Å². The standard InChI is InChI=1S/C11H15F3N2O/c1-16-6-4-9(15-16)10(17)5-2-3-8(7-10)11(12,13)14/h4,6,8,17H,2-3,5,7H2,1H3. The Balaban J connectivity index is 2.21. The number of aryl methyl sites for hydroxylation is 1. The highest BCUT2D eigenvalue weighted by Crippen LogP contribution is 2.45. The van der Waals surface area contributed by atoms with Crippen molar-refractivity contribution in [3.63, 3.8) is 0 Å². The van der Waals surface area contributed by atoms with Crippen LogP contribution in [0.3, 0.4) is 0 Å². The van der Waals surface area contributed by atoms with Gasteiger partial charge in [-0.2, -0.15) is 18.3 Å². The minimum atomic E-state index is -4.23. The fraction of sp³-hybridized carbons (Fsp3) is 0.727. The van der Waals surface area contributed by atoms with E-state index in [1.54, 1.807) is 19.3 Å². The molecule has 0 spiro atoms. The van der Waals surface area contributed by atoms with Crippen molar-refractivity contribution in [2.24, 2.45) is 13.0 Å². The summed E-state index contributed by atoms with van der Waals surface area (Å²) in [6, 6.07) is 1.58. The van der Waals surface area contributed by atoms with Gasteiger partial charge in [-0.3, -0.25) is 4.68 Å². The van der Waals surface area contributed by atoms with Crippen LogP contribution in [0, 0.1) is 5.92 Å². The lowest BCUT2D eigenvalue weighted by Gasteiger charge is -2.36. The molecule has 1 aliphatic carbocycles. The molecule has 0 aromatic carbocycles. The van der Waals surface area contributed by atoms with E-state index in [0.29, 0.717) is 18.5 Å². The van der Waals surface area contributed by atoms with Gasteiger partial charge in [0.15, 0.2) is 0 Å². The predicted molar refractivity (Wildman–Crippen MR) is 55.1 cm³/mol.